The molecule has 0 amide bonds. The SMILES string of the molecule is CC[C@@](N)(CCI)[I-]C. The van der Waals surface area contributed by atoms with Crippen molar-refractivity contribution >= 4 is 22.6 Å². The quantitative estimate of drug-likeness (QED) is 0.375. The van der Waals surface area contributed by atoms with Crippen LogP contribution < -0.4 is 26.9 Å². The van der Waals surface area contributed by atoms with Crippen molar-refractivity contribution in [3.05, 3.63) is 0 Å². The average Bonchev–Trinajstić information content (AvgIpc) is 1.89. The number of halogens is 2. The number of hydrogen-bond acceptors (Lipinski definition) is 1. The topological polar surface area (TPSA) is 26.0 Å². The van der Waals surface area contributed by atoms with E-state index in [2.05, 4.69) is 34.4 Å². The van der Waals surface area contributed by atoms with Gasteiger partial charge in [0, 0.05) is 0 Å². The normalized spacial score (nSPS) is 17.8. The summed E-state index contributed by atoms with van der Waals surface area (Å²) in [6.07, 6.45) is 2.35. The van der Waals surface area contributed by atoms with Crippen LogP contribution in [0.5, 0.6) is 0 Å². The molecule has 0 fully saturated rings. The van der Waals surface area contributed by atoms with Crippen molar-refractivity contribution in [1.29, 1.82) is 0 Å². The van der Waals surface area contributed by atoms with Crippen LogP contribution >= 0.6 is 22.6 Å². The van der Waals surface area contributed by atoms with Gasteiger partial charge in [0.05, 0.1) is 0 Å². The van der Waals surface area contributed by atoms with Crippen molar-refractivity contribution < 1.29 is 21.2 Å². The molecule has 0 aliphatic heterocycles. The molecule has 0 heterocycles. The van der Waals surface area contributed by atoms with Crippen molar-refractivity contribution in [2.24, 2.45) is 5.73 Å². The molecule has 0 radical (unpaired) electrons. The third-order valence-corrected chi connectivity index (χ3v) is 5.46. The van der Waals surface area contributed by atoms with Crippen LogP contribution in [-0.4, -0.2) is 12.9 Å². The van der Waals surface area contributed by atoms with Gasteiger partial charge in [0.25, 0.3) is 0 Å². The van der Waals surface area contributed by atoms with E-state index in [4.69, 9.17) is 5.73 Å². The molecule has 9 heavy (non-hydrogen) atoms. The molecule has 0 rings (SSSR count). The van der Waals surface area contributed by atoms with E-state index in [0.717, 1.165) is 6.42 Å². The molecule has 0 aliphatic rings. The second kappa shape index (κ2) is 5.12. The molecular formula is C6H14I2N-. The summed E-state index contributed by atoms with van der Waals surface area (Å²) in [6, 6.07) is 0. The Morgan fingerprint density at radius 1 is 1.67 bits per heavy atom. The Labute approximate surface area is 81.6 Å². The Morgan fingerprint density at radius 3 is 2.33 bits per heavy atom. The van der Waals surface area contributed by atoms with Crippen LogP contribution in [0.1, 0.15) is 19.8 Å². The van der Waals surface area contributed by atoms with Crippen LogP contribution in [-0.2, 0) is 0 Å². The molecule has 0 saturated carbocycles. The van der Waals surface area contributed by atoms with E-state index in [-0.39, 0.29) is 24.8 Å². The molecule has 58 valence electrons. The Kier molecular flexibility index (Phi) is 5.93. The number of hydrogen-bond donors (Lipinski definition) is 1. The fourth-order valence-electron chi connectivity index (χ4n) is 0.562. The average molecular weight is 354 g/mol. The predicted molar refractivity (Wildman–Crippen MR) is 46.6 cm³/mol. The molecule has 0 aliphatic carbocycles. The molecule has 0 aromatic heterocycles. The maximum absolute atomic E-state index is 6.05. The minimum absolute atomic E-state index is 0.224. The number of alkyl halides is 3. The third-order valence-electron chi connectivity index (χ3n) is 1.47. The zero-order chi connectivity index (χ0) is 7.33. The van der Waals surface area contributed by atoms with Gasteiger partial charge in [0.1, 0.15) is 0 Å². The van der Waals surface area contributed by atoms with E-state index in [1.54, 1.807) is 0 Å². The molecule has 0 saturated heterocycles. The van der Waals surface area contributed by atoms with Crippen LogP contribution in [0.4, 0.5) is 0 Å². The van der Waals surface area contributed by atoms with E-state index >= 15 is 0 Å². The summed E-state index contributed by atoms with van der Waals surface area (Å²) >= 11 is 2.62. The van der Waals surface area contributed by atoms with Crippen LogP contribution in [0, 0.1) is 0 Å². The predicted octanol–water partition coefficient (Wildman–Crippen LogP) is -1.40. The van der Waals surface area contributed by atoms with Crippen molar-refractivity contribution in [2.75, 3.05) is 9.36 Å². The standard InChI is InChI=1S/C6H14I2N/c1-3-6(9,8-2)4-5-7/h3-5,9H2,1-2H3/q-1/t6-/m1/s1. The summed E-state index contributed by atoms with van der Waals surface area (Å²) in [7, 11) is 0. The first kappa shape index (κ1) is 10.4. The first-order valence-electron chi connectivity index (χ1n) is 3.04. The first-order chi connectivity index (χ1) is 4.18. The van der Waals surface area contributed by atoms with Gasteiger partial charge in [0.2, 0.25) is 0 Å². The van der Waals surface area contributed by atoms with Crippen LogP contribution in [0.15, 0.2) is 0 Å². The van der Waals surface area contributed by atoms with Crippen molar-refractivity contribution in [2.45, 2.75) is 23.3 Å². The van der Waals surface area contributed by atoms with E-state index in [9.17, 15) is 0 Å². The molecule has 3 heteroatoms. The van der Waals surface area contributed by atoms with Crippen molar-refractivity contribution in [1.82, 2.24) is 0 Å². The molecule has 0 aromatic carbocycles. The Balaban J connectivity index is 3.62. The van der Waals surface area contributed by atoms with Crippen LogP contribution in [0.25, 0.3) is 0 Å². The Bertz CT molecular complexity index is 71.5. The molecule has 2 N–H and O–H groups in total. The summed E-state index contributed by atoms with van der Waals surface area (Å²) in [5.41, 5.74) is 6.05. The van der Waals surface area contributed by atoms with E-state index in [1.807, 2.05) is 0 Å². The summed E-state index contributed by atoms with van der Waals surface area (Å²) in [4.78, 5) is 2.27. The molecule has 0 spiro atoms. The molecule has 0 unspecified atom stereocenters. The van der Waals surface area contributed by atoms with Gasteiger partial charge in [-0.25, -0.2) is 0 Å². The van der Waals surface area contributed by atoms with Crippen LogP contribution in [0.2, 0.25) is 0 Å². The summed E-state index contributed by atoms with van der Waals surface area (Å²) < 4.78 is 1.44. The molecule has 1 atom stereocenters. The Hall–Kier alpha value is 1.42. The van der Waals surface area contributed by atoms with Crippen molar-refractivity contribution in [3.63, 3.8) is 0 Å². The third kappa shape index (κ3) is 3.98. The summed E-state index contributed by atoms with van der Waals surface area (Å²) in [6.45, 7) is 2.19. The molecule has 0 aromatic rings. The van der Waals surface area contributed by atoms with Gasteiger partial charge in [-0.15, -0.1) is 0 Å². The van der Waals surface area contributed by atoms with E-state index < -0.39 is 0 Å². The van der Waals surface area contributed by atoms with Gasteiger partial charge in [-0.3, -0.25) is 0 Å². The number of nitrogens with two attached hydrogens (primary N) is 1. The van der Waals surface area contributed by atoms with Gasteiger partial charge in [-0.05, 0) is 0 Å². The molecule has 0 bridgehead atoms. The molecular weight excluding hydrogens is 340 g/mol. The van der Waals surface area contributed by atoms with E-state index in [0.29, 0.717) is 0 Å². The first-order valence-corrected chi connectivity index (χ1v) is 7.80. The zero-order valence-electron chi connectivity index (χ0n) is 5.95. The van der Waals surface area contributed by atoms with Crippen LogP contribution in [0.3, 0.4) is 0 Å². The van der Waals surface area contributed by atoms with Gasteiger partial charge >= 0.3 is 82.2 Å². The van der Waals surface area contributed by atoms with Gasteiger partial charge < -0.3 is 0 Å². The maximum atomic E-state index is 6.05. The number of rotatable bonds is 4. The fraction of sp³-hybridized carbons (Fsp3) is 1.00. The minimum atomic E-state index is 0.224. The van der Waals surface area contributed by atoms with Gasteiger partial charge in [-0.1, -0.05) is 0 Å². The second-order valence-corrected chi connectivity index (χ2v) is 6.32. The Morgan fingerprint density at radius 2 is 2.22 bits per heavy atom. The van der Waals surface area contributed by atoms with Gasteiger partial charge in [0.15, 0.2) is 0 Å². The van der Waals surface area contributed by atoms with E-state index in [1.165, 1.54) is 10.8 Å². The monoisotopic (exact) mass is 354 g/mol. The van der Waals surface area contributed by atoms with Crippen molar-refractivity contribution in [3.8, 4) is 0 Å². The fourth-order valence-corrected chi connectivity index (χ4v) is 4.13. The summed E-state index contributed by atoms with van der Waals surface area (Å²) in [5, 5.41) is 0. The summed E-state index contributed by atoms with van der Waals surface area (Å²) in [5.74, 6) is 0. The zero-order valence-corrected chi connectivity index (χ0v) is 10.3. The molecule has 1 nitrogen and oxygen atoms in total. The second-order valence-electron chi connectivity index (χ2n) is 2.02. The van der Waals surface area contributed by atoms with Gasteiger partial charge in [-0.2, -0.15) is 0 Å².